The zero-order valence-electron chi connectivity index (χ0n) is 10.3. The van der Waals surface area contributed by atoms with Crippen LogP contribution in [0.25, 0.3) is 0 Å². The molecule has 8 heteroatoms. The number of carbonyl (C=O) groups excluding carboxylic acids is 1. The number of nitrogens with one attached hydrogen (secondary N) is 3. The van der Waals surface area contributed by atoms with Crippen LogP contribution in [0, 0.1) is 0 Å². The van der Waals surface area contributed by atoms with Crippen molar-refractivity contribution >= 4 is 11.6 Å². The molecule has 0 aliphatic rings. The summed E-state index contributed by atoms with van der Waals surface area (Å²) in [5.74, 6) is 0.346. The summed E-state index contributed by atoms with van der Waals surface area (Å²) in [7, 11) is 2.99. The maximum atomic E-state index is 11.8. The van der Waals surface area contributed by atoms with Gasteiger partial charge in [-0.05, 0) is 12.1 Å². The first kappa shape index (κ1) is 12.7. The van der Waals surface area contributed by atoms with Crippen molar-refractivity contribution in [1.82, 2.24) is 15.2 Å². The Hall–Kier alpha value is -2.77. The third kappa shape index (κ3) is 2.73. The zero-order chi connectivity index (χ0) is 13.8. The van der Waals surface area contributed by atoms with Crippen LogP contribution in [0.1, 0.15) is 10.6 Å². The molecule has 1 heterocycles. The van der Waals surface area contributed by atoms with E-state index in [1.165, 1.54) is 14.2 Å². The predicted molar refractivity (Wildman–Crippen MR) is 66.7 cm³/mol. The van der Waals surface area contributed by atoms with Crippen LogP contribution >= 0.6 is 0 Å². The Balaban J connectivity index is 2.26. The van der Waals surface area contributed by atoms with Gasteiger partial charge in [-0.3, -0.25) is 9.78 Å². The molecule has 0 saturated heterocycles. The molecular formula is C11H12N4O4. The summed E-state index contributed by atoms with van der Waals surface area (Å²) >= 11 is 0. The molecule has 0 saturated carbocycles. The molecular weight excluding hydrogens is 252 g/mol. The van der Waals surface area contributed by atoms with E-state index in [-0.39, 0.29) is 5.82 Å². The molecule has 100 valence electrons. The van der Waals surface area contributed by atoms with Gasteiger partial charge in [0.2, 0.25) is 5.82 Å². The molecule has 3 N–H and O–H groups in total. The van der Waals surface area contributed by atoms with Crippen LogP contribution in [-0.4, -0.2) is 35.3 Å². The number of rotatable bonds is 4. The first-order valence-corrected chi connectivity index (χ1v) is 5.32. The Morgan fingerprint density at radius 2 is 2.11 bits per heavy atom. The fourth-order valence-electron chi connectivity index (χ4n) is 1.47. The van der Waals surface area contributed by atoms with Crippen molar-refractivity contribution in [2.45, 2.75) is 0 Å². The van der Waals surface area contributed by atoms with Crippen molar-refractivity contribution in [2.24, 2.45) is 0 Å². The highest BCUT2D eigenvalue weighted by molar-refractivity contribution is 6.02. The Morgan fingerprint density at radius 3 is 2.68 bits per heavy atom. The van der Waals surface area contributed by atoms with E-state index < -0.39 is 11.6 Å². The molecule has 19 heavy (non-hydrogen) atoms. The van der Waals surface area contributed by atoms with Crippen LogP contribution in [0.2, 0.25) is 0 Å². The lowest BCUT2D eigenvalue weighted by molar-refractivity contribution is 0.101. The summed E-state index contributed by atoms with van der Waals surface area (Å²) in [6.45, 7) is 0. The lowest BCUT2D eigenvalue weighted by atomic mass is 10.2. The van der Waals surface area contributed by atoms with E-state index in [0.29, 0.717) is 17.2 Å². The Labute approximate surface area is 107 Å². The third-order valence-corrected chi connectivity index (χ3v) is 2.37. The average molecular weight is 264 g/mol. The van der Waals surface area contributed by atoms with Crippen LogP contribution < -0.4 is 20.5 Å². The number of benzene rings is 1. The highest BCUT2D eigenvalue weighted by atomic mass is 16.5. The quantitative estimate of drug-likeness (QED) is 0.739. The van der Waals surface area contributed by atoms with Crippen molar-refractivity contribution in [3.8, 4) is 11.5 Å². The highest BCUT2D eigenvalue weighted by Gasteiger charge is 2.13. The third-order valence-electron chi connectivity index (χ3n) is 2.37. The number of anilines is 1. The second-order valence-corrected chi connectivity index (χ2v) is 3.55. The molecule has 1 amide bonds. The van der Waals surface area contributed by atoms with Gasteiger partial charge in [0.05, 0.1) is 19.9 Å². The number of nitrogens with zero attached hydrogens (tertiary/aromatic N) is 1. The summed E-state index contributed by atoms with van der Waals surface area (Å²) in [5, 5.41) is 8.21. The second kappa shape index (κ2) is 5.25. The summed E-state index contributed by atoms with van der Waals surface area (Å²) in [5.41, 5.74) is -0.140. The monoisotopic (exact) mass is 264 g/mol. The van der Waals surface area contributed by atoms with Crippen LogP contribution in [0.5, 0.6) is 11.5 Å². The number of hydrogen-bond acceptors (Lipinski definition) is 5. The van der Waals surface area contributed by atoms with E-state index in [0.717, 1.165) is 0 Å². The van der Waals surface area contributed by atoms with E-state index in [2.05, 4.69) is 20.5 Å². The molecule has 2 aromatic rings. The van der Waals surface area contributed by atoms with Crippen molar-refractivity contribution in [1.29, 1.82) is 0 Å². The molecule has 0 unspecified atom stereocenters. The highest BCUT2D eigenvalue weighted by Crippen LogP contribution is 2.28. The maximum Gasteiger partial charge on any atom is 0.341 e. The molecule has 1 aromatic carbocycles. The number of methoxy groups -OCH3 is 2. The fourth-order valence-corrected chi connectivity index (χ4v) is 1.47. The SMILES string of the molecule is COc1ccc(OC)c(NC(=O)c2n[nH]c(=O)[nH]2)c1. The minimum atomic E-state index is -0.565. The number of H-pyrrole nitrogens is 2. The molecule has 0 bridgehead atoms. The van der Waals surface area contributed by atoms with Crippen LogP contribution in [0.3, 0.4) is 0 Å². The van der Waals surface area contributed by atoms with Crippen LogP contribution in [0.4, 0.5) is 5.69 Å². The Bertz CT molecular complexity index is 646. The first-order chi connectivity index (χ1) is 9.13. The van der Waals surface area contributed by atoms with E-state index in [1.807, 2.05) is 0 Å². The second-order valence-electron chi connectivity index (χ2n) is 3.55. The Morgan fingerprint density at radius 1 is 1.32 bits per heavy atom. The topological polar surface area (TPSA) is 109 Å². The molecule has 0 aliphatic carbocycles. The minimum Gasteiger partial charge on any atom is -0.497 e. The van der Waals surface area contributed by atoms with Gasteiger partial charge in [0.25, 0.3) is 5.91 Å². The zero-order valence-corrected chi connectivity index (χ0v) is 10.3. The van der Waals surface area contributed by atoms with Crippen molar-refractivity contribution in [3.05, 3.63) is 34.5 Å². The number of ether oxygens (including phenoxy) is 2. The van der Waals surface area contributed by atoms with Gasteiger partial charge in [-0.1, -0.05) is 0 Å². The molecule has 0 radical (unpaired) electrons. The van der Waals surface area contributed by atoms with Crippen molar-refractivity contribution in [3.63, 3.8) is 0 Å². The normalized spacial score (nSPS) is 10.0. The first-order valence-electron chi connectivity index (χ1n) is 5.32. The van der Waals surface area contributed by atoms with Crippen molar-refractivity contribution < 1.29 is 14.3 Å². The van der Waals surface area contributed by atoms with Gasteiger partial charge in [-0.15, -0.1) is 5.10 Å². The van der Waals surface area contributed by atoms with Gasteiger partial charge in [0.15, 0.2) is 0 Å². The molecule has 8 nitrogen and oxygen atoms in total. The van der Waals surface area contributed by atoms with Gasteiger partial charge in [0, 0.05) is 6.07 Å². The summed E-state index contributed by atoms with van der Waals surface area (Å²) in [6, 6.07) is 4.95. The summed E-state index contributed by atoms with van der Waals surface area (Å²) in [4.78, 5) is 25.0. The number of aromatic amines is 2. The van der Waals surface area contributed by atoms with Gasteiger partial charge in [-0.2, -0.15) is 0 Å². The van der Waals surface area contributed by atoms with Crippen LogP contribution in [0.15, 0.2) is 23.0 Å². The number of aromatic nitrogens is 3. The average Bonchev–Trinajstić information content (AvgIpc) is 2.85. The largest absolute Gasteiger partial charge is 0.497 e. The number of hydrogen-bond donors (Lipinski definition) is 3. The van der Waals surface area contributed by atoms with E-state index >= 15 is 0 Å². The number of amides is 1. The standard InChI is InChI=1S/C11H12N4O4/c1-18-6-3-4-8(19-2)7(5-6)12-10(16)9-13-11(17)15-14-9/h3-5H,1-2H3,(H,12,16)(H2,13,14,15,17). The van der Waals surface area contributed by atoms with E-state index in [1.54, 1.807) is 18.2 Å². The Kier molecular flexibility index (Phi) is 3.51. The van der Waals surface area contributed by atoms with Gasteiger partial charge < -0.3 is 14.8 Å². The van der Waals surface area contributed by atoms with E-state index in [4.69, 9.17) is 9.47 Å². The molecule has 2 rings (SSSR count). The van der Waals surface area contributed by atoms with Crippen molar-refractivity contribution in [2.75, 3.05) is 19.5 Å². The van der Waals surface area contributed by atoms with Gasteiger partial charge in [-0.25, -0.2) is 9.89 Å². The predicted octanol–water partition coefficient (Wildman–Crippen LogP) is 0.367. The molecule has 1 aromatic heterocycles. The lowest BCUT2D eigenvalue weighted by Gasteiger charge is -2.10. The molecule has 0 atom stereocenters. The maximum absolute atomic E-state index is 11.8. The van der Waals surface area contributed by atoms with Gasteiger partial charge >= 0.3 is 5.69 Å². The molecule has 0 spiro atoms. The molecule has 0 fully saturated rings. The smallest absolute Gasteiger partial charge is 0.341 e. The summed E-state index contributed by atoms with van der Waals surface area (Å²) in [6.07, 6.45) is 0. The summed E-state index contributed by atoms with van der Waals surface area (Å²) < 4.78 is 10.2. The molecule has 0 aliphatic heterocycles. The lowest BCUT2D eigenvalue weighted by Crippen LogP contribution is -2.15. The van der Waals surface area contributed by atoms with Crippen LogP contribution in [-0.2, 0) is 0 Å². The minimum absolute atomic E-state index is 0.116. The van der Waals surface area contributed by atoms with E-state index in [9.17, 15) is 9.59 Å². The fraction of sp³-hybridized carbons (Fsp3) is 0.182. The van der Waals surface area contributed by atoms with Gasteiger partial charge in [0.1, 0.15) is 11.5 Å². The number of carbonyl (C=O) groups is 1.